The zero-order valence-electron chi connectivity index (χ0n) is 11.5. The first kappa shape index (κ1) is 16.5. The van der Waals surface area contributed by atoms with Crippen LogP contribution in [0.15, 0.2) is 12.3 Å². The molecule has 0 saturated carbocycles. The summed E-state index contributed by atoms with van der Waals surface area (Å²) in [6.45, 7) is 5.35. The molecular weight excluding hydrogens is 275 g/mol. The number of nitrogens with zero attached hydrogens (tertiary/aromatic N) is 2. The number of carbonyl (C=O) groups is 1. The SMILES string of the molecule is CCNC(C)(CC(C)n1ccc(C(F)(F)F)n1)C(=O)O. The van der Waals surface area contributed by atoms with Crippen LogP contribution in [0.3, 0.4) is 0 Å². The van der Waals surface area contributed by atoms with Crippen molar-refractivity contribution >= 4 is 5.97 Å². The molecule has 2 unspecified atom stereocenters. The van der Waals surface area contributed by atoms with Crippen LogP contribution in [-0.4, -0.2) is 32.9 Å². The summed E-state index contributed by atoms with van der Waals surface area (Å²) in [5.74, 6) is -1.05. The van der Waals surface area contributed by atoms with Gasteiger partial charge in [0.1, 0.15) is 5.54 Å². The van der Waals surface area contributed by atoms with Gasteiger partial charge in [-0.2, -0.15) is 18.3 Å². The summed E-state index contributed by atoms with van der Waals surface area (Å²) in [4.78, 5) is 11.3. The minimum Gasteiger partial charge on any atom is -0.480 e. The predicted molar refractivity (Wildman–Crippen MR) is 66.3 cm³/mol. The first-order valence-electron chi connectivity index (χ1n) is 6.21. The van der Waals surface area contributed by atoms with Crippen molar-refractivity contribution in [2.45, 2.75) is 44.9 Å². The van der Waals surface area contributed by atoms with Gasteiger partial charge in [0.2, 0.25) is 0 Å². The van der Waals surface area contributed by atoms with E-state index in [9.17, 15) is 23.1 Å². The number of carboxylic acids is 1. The lowest BCUT2D eigenvalue weighted by molar-refractivity contribution is -0.145. The molecule has 2 N–H and O–H groups in total. The number of hydrogen-bond acceptors (Lipinski definition) is 3. The number of rotatable bonds is 6. The van der Waals surface area contributed by atoms with Gasteiger partial charge in [-0.15, -0.1) is 0 Å². The van der Waals surface area contributed by atoms with Gasteiger partial charge in [0.15, 0.2) is 5.69 Å². The lowest BCUT2D eigenvalue weighted by Crippen LogP contribution is -2.50. The minimum atomic E-state index is -4.50. The highest BCUT2D eigenvalue weighted by Crippen LogP contribution is 2.29. The van der Waals surface area contributed by atoms with Gasteiger partial charge >= 0.3 is 12.1 Å². The molecule has 2 atom stereocenters. The van der Waals surface area contributed by atoms with E-state index in [1.807, 2.05) is 0 Å². The Morgan fingerprint density at radius 1 is 1.55 bits per heavy atom. The number of halogens is 3. The third-order valence-corrected chi connectivity index (χ3v) is 3.09. The van der Waals surface area contributed by atoms with Crippen LogP contribution in [0.4, 0.5) is 13.2 Å². The number of hydrogen-bond donors (Lipinski definition) is 2. The van der Waals surface area contributed by atoms with Gasteiger partial charge in [0, 0.05) is 6.20 Å². The molecule has 1 heterocycles. The molecule has 0 aliphatic rings. The van der Waals surface area contributed by atoms with E-state index in [-0.39, 0.29) is 6.42 Å². The molecule has 0 bridgehead atoms. The van der Waals surface area contributed by atoms with Gasteiger partial charge in [-0.1, -0.05) is 6.92 Å². The Balaban J connectivity index is 2.87. The Bertz CT molecular complexity index is 473. The number of carboxylic acid groups (broad SMARTS) is 1. The summed E-state index contributed by atoms with van der Waals surface area (Å²) in [5, 5.41) is 15.5. The summed E-state index contributed by atoms with van der Waals surface area (Å²) in [6, 6.07) is 0.397. The van der Waals surface area contributed by atoms with Crippen molar-refractivity contribution in [3.8, 4) is 0 Å². The predicted octanol–water partition coefficient (Wildman–Crippen LogP) is 2.31. The maximum absolute atomic E-state index is 12.5. The van der Waals surface area contributed by atoms with E-state index in [1.54, 1.807) is 13.8 Å². The van der Waals surface area contributed by atoms with Crippen molar-refractivity contribution in [2.75, 3.05) is 6.54 Å². The van der Waals surface area contributed by atoms with E-state index in [4.69, 9.17) is 0 Å². The maximum atomic E-state index is 12.5. The van der Waals surface area contributed by atoms with Crippen LogP contribution in [0.5, 0.6) is 0 Å². The fourth-order valence-electron chi connectivity index (χ4n) is 2.04. The molecular formula is C12H18F3N3O2. The second-order valence-corrected chi connectivity index (χ2v) is 4.90. The van der Waals surface area contributed by atoms with Crippen LogP contribution in [0.2, 0.25) is 0 Å². The average Bonchev–Trinajstić information content (AvgIpc) is 2.77. The Morgan fingerprint density at radius 2 is 2.15 bits per heavy atom. The molecule has 20 heavy (non-hydrogen) atoms. The van der Waals surface area contributed by atoms with Gasteiger partial charge in [-0.3, -0.25) is 9.48 Å². The van der Waals surface area contributed by atoms with Crippen LogP contribution >= 0.6 is 0 Å². The Morgan fingerprint density at radius 3 is 2.55 bits per heavy atom. The molecule has 0 spiro atoms. The summed E-state index contributed by atoms with van der Waals surface area (Å²) in [5.41, 5.74) is -2.19. The normalized spacial score (nSPS) is 16.7. The quantitative estimate of drug-likeness (QED) is 0.844. The van der Waals surface area contributed by atoms with Crippen LogP contribution in [0.25, 0.3) is 0 Å². The molecule has 0 aromatic carbocycles. The van der Waals surface area contributed by atoms with Crippen LogP contribution < -0.4 is 5.32 Å². The monoisotopic (exact) mass is 293 g/mol. The summed E-state index contributed by atoms with van der Waals surface area (Å²) in [7, 11) is 0. The van der Waals surface area contributed by atoms with Crippen molar-refractivity contribution < 1.29 is 23.1 Å². The van der Waals surface area contributed by atoms with E-state index < -0.39 is 29.4 Å². The smallest absolute Gasteiger partial charge is 0.435 e. The third-order valence-electron chi connectivity index (χ3n) is 3.09. The second-order valence-electron chi connectivity index (χ2n) is 4.90. The highest BCUT2D eigenvalue weighted by molar-refractivity contribution is 5.78. The Hall–Kier alpha value is -1.57. The van der Waals surface area contributed by atoms with Crippen molar-refractivity contribution in [1.82, 2.24) is 15.1 Å². The number of aromatic nitrogens is 2. The van der Waals surface area contributed by atoms with Gasteiger partial charge in [-0.25, -0.2) is 0 Å². The third kappa shape index (κ3) is 3.72. The first-order chi connectivity index (χ1) is 9.10. The first-order valence-corrected chi connectivity index (χ1v) is 6.21. The molecule has 0 fully saturated rings. The van der Waals surface area contributed by atoms with E-state index in [0.717, 1.165) is 10.7 Å². The van der Waals surface area contributed by atoms with Crippen molar-refractivity contribution in [3.05, 3.63) is 18.0 Å². The molecule has 0 radical (unpaired) electrons. The fraction of sp³-hybridized carbons (Fsp3) is 0.667. The molecule has 1 aromatic rings. The van der Waals surface area contributed by atoms with Gasteiger partial charge in [0.25, 0.3) is 0 Å². The number of nitrogens with one attached hydrogen (secondary N) is 1. The molecule has 5 nitrogen and oxygen atoms in total. The van der Waals surface area contributed by atoms with E-state index in [0.29, 0.717) is 6.54 Å². The summed E-state index contributed by atoms with van der Waals surface area (Å²) < 4.78 is 38.5. The molecule has 8 heteroatoms. The number of aliphatic carboxylic acids is 1. The topological polar surface area (TPSA) is 67.2 Å². The highest BCUT2D eigenvalue weighted by Gasteiger charge is 2.36. The molecule has 0 amide bonds. The molecule has 114 valence electrons. The zero-order chi connectivity index (χ0) is 15.6. The molecule has 1 aromatic heterocycles. The van der Waals surface area contributed by atoms with Gasteiger partial charge < -0.3 is 10.4 Å². The Labute approximate surface area is 114 Å². The van der Waals surface area contributed by atoms with Crippen molar-refractivity contribution in [3.63, 3.8) is 0 Å². The number of likely N-dealkylation sites (N-methyl/N-ethyl adjacent to an activating group) is 1. The summed E-state index contributed by atoms with van der Waals surface area (Å²) in [6.07, 6.45) is -3.17. The maximum Gasteiger partial charge on any atom is 0.435 e. The van der Waals surface area contributed by atoms with E-state index in [1.165, 1.54) is 13.1 Å². The highest BCUT2D eigenvalue weighted by atomic mass is 19.4. The zero-order valence-corrected chi connectivity index (χ0v) is 11.5. The van der Waals surface area contributed by atoms with Crippen LogP contribution in [-0.2, 0) is 11.0 Å². The fourth-order valence-corrected chi connectivity index (χ4v) is 2.04. The van der Waals surface area contributed by atoms with Crippen molar-refractivity contribution in [1.29, 1.82) is 0 Å². The minimum absolute atomic E-state index is 0.120. The molecule has 0 aliphatic carbocycles. The average molecular weight is 293 g/mol. The lowest BCUT2D eigenvalue weighted by atomic mass is 9.93. The summed E-state index contributed by atoms with van der Waals surface area (Å²) >= 11 is 0. The second kappa shape index (κ2) is 5.82. The van der Waals surface area contributed by atoms with E-state index >= 15 is 0 Å². The van der Waals surface area contributed by atoms with Gasteiger partial charge in [0.05, 0.1) is 6.04 Å². The number of alkyl halides is 3. The largest absolute Gasteiger partial charge is 0.480 e. The standard InChI is InChI=1S/C12H18F3N3O2/c1-4-16-11(3,10(19)20)7-8(2)18-6-5-9(17-18)12(13,14)15/h5-6,8,16H,4,7H2,1-3H3,(H,19,20). The Kier molecular flexibility index (Phi) is 4.80. The van der Waals surface area contributed by atoms with E-state index in [2.05, 4.69) is 10.4 Å². The van der Waals surface area contributed by atoms with Gasteiger partial charge in [-0.05, 0) is 32.9 Å². The molecule has 0 aliphatic heterocycles. The molecule has 0 saturated heterocycles. The van der Waals surface area contributed by atoms with Crippen LogP contribution in [0, 0.1) is 0 Å². The molecule has 1 rings (SSSR count). The lowest BCUT2D eigenvalue weighted by Gasteiger charge is -2.28. The van der Waals surface area contributed by atoms with Crippen LogP contribution in [0.1, 0.15) is 38.9 Å². The van der Waals surface area contributed by atoms with Crippen molar-refractivity contribution in [2.24, 2.45) is 0 Å².